The minimum Gasteiger partial charge on any atom is -0.493 e. The molecular formula is C23H22N2O6. The van der Waals surface area contributed by atoms with Crippen LogP contribution in [0, 0.1) is 17.0 Å². The van der Waals surface area contributed by atoms with Crippen molar-refractivity contribution in [3.63, 3.8) is 0 Å². The summed E-state index contributed by atoms with van der Waals surface area (Å²) in [5, 5.41) is 14.1. The molecule has 0 saturated heterocycles. The van der Waals surface area contributed by atoms with Crippen LogP contribution >= 0.6 is 0 Å². The number of hydrogen-bond acceptors (Lipinski definition) is 6. The summed E-state index contributed by atoms with van der Waals surface area (Å²) in [6.45, 7) is 4.07. The molecule has 0 aromatic heterocycles. The molecule has 0 spiro atoms. The van der Waals surface area contributed by atoms with Crippen molar-refractivity contribution >= 4 is 17.3 Å². The zero-order valence-electron chi connectivity index (χ0n) is 17.4. The fourth-order valence-corrected chi connectivity index (χ4v) is 2.86. The lowest BCUT2D eigenvalue weighted by Gasteiger charge is -2.12. The maximum atomic E-state index is 12.8. The number of rotatable bonds is 8. The predicted molar refractivity (Wildman–Crippen MR) is 116 cm³/mol. The van der Waals surface area contributed by atoms with E-state index in [1.54, 1.807) is 31.2 Å². The van der Waals surface area contributed by atoms with Crippen molar-refractivity contribution in [1.82, 2.24) is 0 Å². The molecule has 31 heavy (non-hydrogen) atoms. The summed E-state index contributed by atoms with van der Waals surface area (Å²) in [5.41, 5.74) is 1.08. The molecule has 0 aliphatic heterocycles. The van der Waals surface area contributed by atoms with E-state index in [9.17, 15) is 14.9 Å². The molecule has 0 heterocycles. The molecule has 3 rings (SSSR count). The second-order valence-corrected chi connectivity index (χ2v) is 6.60. The molecule has 1 amide bonds. The molecule has 0 bridgehead atoms. The summed E-state index contributed by atoms with van der Waals surface area (Å²) in [5.74, 6) is 1.09. The third-order valence-electron chi connectivity index (χ3n) is 4.39. The Kier molecular flexibility index (Phi) is 6.71. The van der Waals surface area contributed by atoms with Crippen molar-refractivity contribution in [2.45, 2.75) is 13.8 Å². The van der Waals surface area contributed by atoms with Crippen LogP contribution in [-0.2, 0) is 0 Å². The molecule has 0 atom stereocenters. The first-order valence-corrected chi connectivity index (χ1v) is 9.56. The molecule has 1 N–H and O–H groups in total. The monoisotopic (exact) mass is 422 g/mol. The molecule has 0 fully saturated rings. The number of nitrogens with one attached hydrogen (secondary N) is 1. The van der Waals surface area contributed by atoms with Gasteiger partial charge < -0.3 is 19.5 Å². The number of carbonyl (C=O) groups is 1. The summed E-state index contributed by atoms with van der Waals surface area (Å²) in [6.07, 6.45) is 0. The lowest BCUT2D eigenvalue weighted by atomic mass is 10.1. The smallest absolute Gasteiger partial charge is 0.286 e. The van der Waals surface area contributed by atoms with E-state index in [0.29, 0.717) is 23.8 Å². The third-order valence-corrected chi connectivity index (χ3v) is 4.39. The number of nitrogens with zero attached hydrogens (tertiary/aromatic N) is 1. The number of amides is 1. The Bertz CT molecular complexity index is 1080. The predicted octanol–water partition coefficient (Wildman–Crippen LogP) is 5.36. The molecule has 160 valence electrons. The molecule has 0 aliphatic carbocycles. The summed E-state index contributed by atoms with van der Waals surface area (Å²) < 4.78 is 16.3. The third kappa shape index (κ3) is 5.30. The van der Waals surface area contributed by atoms with Crippen molar-refractivity contribution in [3.05, 3.63) is 81.9 Å². The summed E-state index contributed by atoms with van der Waals surface area (Å²) in [4.78, 5) is 23.6. The van der Waals surface area contributed by atoms with Crippen LogP contribution in [-0.4, -0.2) is 24.5 Å². The van der Waals surface area contributed by atoms with E-state index < -0.39 is 10.8 Å². The number of nitro groups is 1. The van der Waals surface area contributed by atoms with Gasteiger partial charge in [0.2, 0.25) is 0 Å². The molecule has 0 saturated carbocycles. The number of hydrogen-bond donors (Lipinski definition) is 1. The highest BCUT2D eigenvalue weighted by Crippen LogP contribution is 2.35. The zero-order chi connectivity index (χ0) is 22.4. The first kappa shape index (κ1) is 21.6. The molecule has 0 unspecified atom stereocenters. The van der Waals surface area contributed by atoms with Crippen molar-refractivity contribution in [2.24, 2.45) is 0 Å². The van der Waals surface area contributed by atoms with E-state index in [1.165, 1.54) is 19.2 Å². The van der Waals surface area contributed by atoms with Crippen LogP contribution in [0.3, 0.4) is 0 Å². The molecule has 8 nitrogen and oxygen atoms in total. The van der Waals surface area contributed by atoms with Crippen molar-refractivity contribution in [1.29, 1.82) is 0 Å². The quantitative estimate of drug-likeness (QED) is 0.388. The first-order valence-electron chi connectivity index (χ1n) is 9.56. The summed E-state index contributed by atoms with van der Waals surface area (Å²) >= 11 is 0. The normalized spacial score (nSPS) is 10.3. The van der Waals surface area contributed by atoms with Gasteiger partial charge in [-0.15, -0.1) is 0 Å². The Morgan fingerprint density at radius 2 is 1.61 bits per heavy atom. The maximum Gasteiger partial charge on any atom is 0.286 e. The number of carbonyl (C=O) groups excluding carboxylic acids is 1. The fraction of sp³-hybridized carbons (Fsp3) is 0.174. The molecular weight excluding hydrogens is 400 g/mol. The van der Waals surface area contributed by atoms with Crippen LogP contribution in [0.4, 0.5) is 11.4 Å². The van der Waals surface area contributed by atoms with E-state index in [0.717, 1.165) is 5.56 Å². The van der Waals surface area contributed by atoms with Crippen molar-refractivity contribution in [3.8, 4) is 23.0 Å². The van der Waals surface area contributed by atoms with E-state index in [4.69, 9.17) is 14.2 Å². The van der Waals surface area contributed by atoms with Crippen LogP contribution < -0.4 is 19.5 Å². The second-order valence-electron chi connectivity index (χ2n) is 6.60. The molecule has 3 aromatic carbocycles. The van der Waals surface area contributed by atoms with Crippen LogP contribution in [0.15, 0.2) is 60.7 Å². The van der Waals surface area contributed by atoms with Crippen LogP contribution in [0.25, 0.3) is 0 Å². The largest absolute Gasteiger partial charge is 0.493 e. The molecule has 8 heteroatoms. The Hall–Kier alpha value is -4.07. The van der Waals surface area contributed by atoms with E-state index in [2.05, 4.69) is 5.32 Å². The highest BCUT2D eigenvalue weighted by molar-refractivity contribution is 6.07. The number of methoxy groups -OCH3 is 1. The number of anilines is 1. The fourth-order valence-electron chi connectivity index (χ4n) is 2.86. The first-order chi connectivity index (χ1) is 14.9. The number of benzene rings is 3. The van der Waals surface area contributed by atoms with Gasteiger partial charge >= 0.3 is 0 Å². The van der Waals surface area contributed by atoms with Gasteiger partial charge in [-0.05, 0) is 50.2 Å². The Balaban J connectivity index is 1.79. The molecule has 0 radical (unpaired) electrons. The SMILES string of the molecule is CCOc1cc(C(=O)Nc2ccc(Oc3ccc(C)cc3)cc2)c([N+](=O)[O-])cc1OC. The van der Waals surface area contributed by atoms with Gasteiger partial charge in [0.05, 0.1) is 24.7 Å². The lowest BCUT2D eigenvalue weighted by molar-refractivity contribution is -0.385. The Labute approximate surface area is 179 Å². The van der Waals surface area contributed by atoms with E-state index >= 15 is 0 Å². The van der Waals surface area contributed by atoms with Crippen LogP contribution in [0.1, 0.15) is 22.8 Å². The standard InChI is InChI=1S/C23H22N2O6/c1-4-30-22-13-19(20(25(27)28)14-21(22)29-3)23(26)24-16-7-11-18(12-8-16)31-17-9-5-15(2)6-10-17/h5-14H,4H2,1-3H3,(H,24,26). The number of ether oxygens (including phenoxy) is 3. The van der Waals surface area contributed by atoms with Gasteiger partial charge in [-0.1, -0.05) is 17.7 Å². The molecule has 0 aliphatic rings. The highest BCUT2D eigenvalue weighted by atomic mass is 16.6. The van der Waals surface area contributed by atoms with Crippen molar-refractivity contribution < 1.29 is 23.9 Å². The van der Waals surface area contributed by atoms with Crippen LogP contribution in [0.5, 0.6) is 23.0 Å². The molecule has 3 aromatic rings. The number of nitro benzene ring substituents is 1. The van der Waals surface area contributed by atoms with E-state index in [1.807, 2.05) is 31.2 Å². The Morgan fingerprint density at radius 1 is 1.00 bits per heavy atom. The highest BCUT2D eigenvalue weighted by Gasteiger charge is 2.25. The maximum absolute atomic E-state index is 12.8. The van der Waals surface area contributed by atoms with Gasteiger partial charge in [-0.2, -0.15) is 0 Å². The summed E-state index contributed by atoms with van der Waals surface area (Å²) in [6, 6.07) is 16.8. The van der Waals surface area contributed by atoms with Gasteiger partial charge in [0.15, 0.2) is 11.5 Å². The van der Waals surface area contributed by atoms with Gasteiger partial charge in [-0.3, -0.25) is 14.9 Å². The average molecular weight is 422 g/mol. The Morgan fingerprint density at radius 3 is 2.16 bits per heavy atom. The van der Waals surface area contributed by atoms with Gasteiger partial charge in [0.25, 0.3) is 11.6 Å². The minimum atomic E-state index is -0.637. The second kappa shape index (κ2) is 9.62. The summed E-state index contributed by atoms with van der Waals surface area (Å²) in [7, 11) is 1.38. The van der Waals surface area contributed by atoms with Gasteiger partial charge in [0.1, 0.15) is 17.1 Å². The minimum absolute atomic E-state index is 0.130. The topological polar surface area (TPSA) is 99.9 Å². The lowest BCUT2D eigenvalue weighted by Crippen LogP contribution is -2.14. The van der Waals surface area contributed by atoms with Crippen LogP contribution in [0.2, 0.25) is 0 Å². The van der Waals surface area contributed by atoms with Crippen molar-refractivity contribution in [2.75, 3.05) is 19.0 Å². The zero-order valence-corrected chi connectivity index (χ0v) is 17.4. The van der Waals surface area contributed by atoms with Gasteiger partial charge in [-0.25, -0.2) is 0 Å². The number of aryl methyl sites for hydroxylation is 1. The average Bonchev–Trinajstić information content (AvgIpc) is 2.76. The van der Waals surface area contributed by atoms with E-state index in [-0.39, 0.29) is 22.7 Å². The van der Waals surface area contributed by atoms with Gasteiger partial charge in [0, 0.05) is 11.8 Å².